The molecule has 0 spiro atoms. The summed E-state index contributed by atoms with van der Waals surface area (Å²) in [5, 5.41) is 24.7. The summed E-state index contributed by atoms with van der Waals surface area (Å²) in [4.78, 5) is 24.1. The molecule has 9 nitrogen and oxygen atoms in total. The minimum Gasteiger partial charge on any atom is -0.480 e. The lowest BCUT2D eigenvalue weighted by atomic mass is 10.2. The minimum atomic E-state index is -1.05. The average molecular weight is 270 g/mol. The summed E-state index contributed by atoms with van der Waals surface area (Å²) in [5.74, 6) is -0.713. The van der Waals surface area contributed by atoms with Crippen LogP contribution in [-0.4, -0.2) is 55.2 Å². The molecule has 9 heteroatoms. The van der Waals surface area contributed by atoms with E-state index in [0.717, 1.165) is 0 Å². The predicted octanol–water partition coefficient (Wildman–Crippen LogP) is 0.155. The number of urea groups is 1. The number of H-pyrrole nitrogens is 1. The number of amides is 2. The number of hydrogen-bond donors (Lipinski definition) is 3. The first-order valence-electron chi connectivity index (χ1n) is 5.98. The highest BCUT2D eigenvalue weighted by Crippen LogP contribution is 2.08. The van der Waals surface area contributed by atoms with Gasteiger partial charge in [0, 0.05) is 6.04 Å². The summed E-state index contributed by atoms with van der Waals surface area (Å²) in [5.41, 5.74) is 0. The molecule has 106 valence electrons. The largest absolute Gasteiger partial charge is 0.480 e. The molecule has 1 heterocycles. The number of carboxylic acid groups (broad SMARTS) is 1. The number of aromatic amines is 1. The van der Waals surface area contributed by atoms with Crippen molar-refractivity contribution in [2.24, 2.45) is 0 Å². The van der Waals surface area contributed by atoms with Crippen molar-refractivity contribution in [1.29, 1.82) is 0 Å². The van der Waals surface area contributed by atoms with E-state index in [1.165, 1.54) is 4.90 Å². The van der Waals surface area contributed by atoms with Crippen LogP contribution in [0.2, 0.25) is 0 Å². The predicted molar refractivity (Wildman–Crippen MR) is 65.2 cm³/mol. The number of nitrogens with zero attached hydrogens (tertiary/aromatic N) is 4. The molecule has 0 saturated heterocycles. The van der Waals surface area contributed by atoms with E-state index in [1.54, 1.807) is 13.8 Å². The molecule has 3 N–H and O–H groups in total. The zero-order chi connectivity index (χ0) is 14.4. The zero-order valence-electron chi connectivity index (χ0n) is 11.1. The summed E-state index contributed by atoms with van der Waals surface area (Å²) in [7, 11) is 0. The van der Waals surface area contributed by atoms with Crippen molar-refractivity contribution >= 4 is 12.0 Å². The van der Waals surface area contributed by atoms with E-state index >= 15 is 0 Å². The van der Waals surface area contributed by atoms with Gasteiger partial charge in [-0.3, -0.25) is 4.79 Å². The van der Waals surface area contributed by atoms with Gasteiger partial charge < -0.3 is 15.3 Å². The van der Waals surface area contributed by atoms with Gasteiger partial charge in [-0.2, -0.15) is 5.21 Å². The topological polar surface area (TPSA) is 124 Å². The van der Waals surface area contributed by atoms with Crippen LogP contribution in [0.4, 0.5) is 4.79 Å². The van der Waals surface area contributed by atoms with E-state index in [4.69, 9.17) is 5.11 Å². The highest BCUT2D eigenvalue weighted by Gasteiger charge is 2.24. The van der Waals surface area contributed by atoms with Gasteiger partial charge in [-0.05, 0) is 20.3 Å². The molecular weight excluding hydrogens is 252 g/mol. The first kappa shape index (κ1) is 14.9. The Bertz CT molecular complexity index is 421. The quantitative estimate of drug-likeness (QED) is 0.676. The van der Waals surface area contributed by atoms with Gasteiger partial charge in [0.1, 0.15) is 6.54 Å². The molecule has 0 radical (unpaired) electrons. The number of aliphatic carboxylic acids is 1. The van der Waals surface area contributed by atoms with Crippen molar-refractivity contribution in [3.8, 4) is 0 Å². The maximum absolute atomic E-state index is 12.0. The van der Waals surface area contributed by atoms with E-state index in [0.29, 0.717) is 12.2 Å². The number of aromatic nitrogens is 4. The van der Waals surface area contributed by atoms with Crippen LogP contribution in [0, 0.1) is 0 Å². The number of nitrogens with one attached hydrogen (secondary N) is 2. The third-order valence-corrected chi connectivity index (χ3v) is 2.78. The van der Waals surface area contributed by atoms with Gasteiger partial charge in [-0.15, -0.1) is 10.2 Å². The lowest BCUT2D eigenvalue weighted by Crippen LogP contribution is -2.48. The molecule has 1 aromatic rings. The van der Waals surface area contributed by atoms with Crippen LogP contribution in [0.15, 0.2) is 0 Å². The molecule has 0 fully saturated rings. The van der Waals surface area contributed by atoms with Gasteiger partial charge in [0.25, 0.3) is 0 Å². The molecule has 0 aromatic carbocycles. The molecule has 0 aliphatic carbocycles. The van der Waals surface area contributed by atoms with Gasteiger partial charge in [0.2, 0.25) is 0 Å². The monoisotopic (exact) mass is 270 g/mol. The van der Waals surface area contributed by atoms with Crippen molar-refractivity contribution in [2.75, 3.05) is 6.54 Å². The highest BCUT2D eigenvalue weighted by atomic mass is 16.4. The average Bonchev–Trinajstić information content (AvgIpc) is 2.88. The summed E-state index contributed by atoms with van der Waals surface area (Å²) in [6.45, 7) is 5.02. The van der Waals surface area contributed by atoms with Crippen LogP contribution in [0.5, 0.6) is 0 Å². The van der Waals surface area contributed by atoms with E-state index in [-0.39, 0.29) is 12.6 Å². The van der Waals surface area contributed by atoms with Crippen LogP contribution >= 0.6 is 0 Å². The van der Waals surface area contributed by atoms with Crippen molar-refractivity contribution in [2.45, 2.75) is 39.3 Å². The third-order valence-electron chi connectivity index (χ3n) is 2.78. The molecule has 0 saturated carbocycles. The SMILES string of the molecule is CCC(C)N(CC(=O)O)C(=O)NC(C)c1nn[nH]n1. The van der Waals surface area contributed by atoms with E-state index < -0.39 is 18.0 Å². The fraction of sp³-hybridized carbons (Fsp3) is 0.700. The van der Waals surface area contributed by atoms with Crippen LogP contribution in [0.1, 0.15) is 39.1 Å². The molecule has 0 aliphatic rings. The molecular formula is C10H18N6O3. The van der Waals surface area contributed by atoms with Crippen LogP contribution in [-0.2, 0) is 4.79 Å². The normalized spacial score (nSPS) is 13.6. The second kappa shape index (κ2) is 6.66. The van der Waals surface area contributed by atoms with Crippen molar-refractivity contribution in [3.63, 3.8) is 0 Å². The fourth-order valence-corrected chi connectivity index (χ4v) is 1.48. The van der Waals surface area contributed by atoms with Gasteiger partial charge in [0.05, 0.1) is 6.04 Å². The van der Waals surface area contributed by atoms with Gasteiger partial charge >= 0.3 is 12.0 Å². The number of carboxylic acids is 1. The smallest absolute Gasteiger partial charge is 0.323 e. The molecule has 19 heavy (non-hydrogen) atoms. The Balaban J connectivity index is 2.68. The number of rotatable bonds is 6. The molecule has 0 aliphatic heterocycles. The zero-order valence-corrected chi connectivity index (χ0v) is 11.1. The number of hydrogen-bond acceptors (Lipinski definition) is 5. The molecule has 2 unspecified atom stereocenters. The highest BCUT2D eigenvalue weighted by molar-refractivity contribution is 5.80. The van der Waals surface area contributed by atoms with Gasteiger partial charge in [0.15, 0.2) is 5.82 Å². The minimum absolute atomic E-state index is 0.173. The Hall–Kier alpha value is -2.19. The van der Waals surface area contributed by atoms with E-state index in [9.17, 15) is 9.59 Å². The lowest BCUT2D eigenvalue weighted by Gasteiger charge is -2.28. The Morgan fingerprint density at radius 2 is 2.16 bits per heavy atom. The Kier molecular flexibility index (Phi) is 5.22. The summed E-state index contributed by atoms with van der Waals surface area (Å²) >= 11 is 0. The first-order chi connectivity index (χ1) is 8.95. The lowest BCUT2D eigenvalue weighted by molar-refractivity contribution is -0.138. The summed E-state index contributed by atoms with van der Waals surface area (Å²) in [6, 6.07) is -1.09. The molecule has 1 aromatic heterocycles. The maximum atomic E-state index is 12.0. The van der Waals surface area contributed by atoms with Crippen molar-refractivity contribution < 1.29 is 14.7 Å². The van der Waals surface area contributed by atoms with Gasteiger partial charge in [-0.25, -0.2) is 4.79 Å². The van der Waals surface area contributed by atoms with Crippen LogP contribution < -0.4 is 5.32 Å². The van der Waals surface area contributed by atoms with E-state index in [1.807, 2.05) is 6.92 Å². The van der Waals surface area contributed by atoms with Crippen LogP contribution in [0.25, 0.3) is 0 Å². The van der Waals surface area contributed by atoms with E-state index in [2.05, 4.69) is 25.9 Å². The van der Waals surface area contributed by atoms with Gasteiger partial charge in [-0.1, -0.05) is 12.1 Å². The molecule has 1 rings (SSSR count). The maximum Gasteiger partial charge on any atom is 0.323 e. The van der Waals surface area contributed by atoms with Crippen LogP contribution in [0.3, 0.4) is 0 Å². The van der Waals surface area contributed by atoms with Crippen molar-refractivity contribution in [1.82, 2.24) is 30.8 Å². The second-order valence-corrected chi connectivity index (χ2v) is 4.22. The number of tetrazole rings is 1. The molecule has 0 bridgehead atoms. The number of carbonyl (C=O) groups excluding carboxylic acids is 1. The Labute approximate surface area is 110 Å². The summed E-state index contributed by atoms with van der Waals surface area (Å²) < 4.78 is 0. The Morgan fingerprint density at radius 1 is 1.47 bits per heavy atom. The van der Waals surface area contributed by atoms with Crippen molar-refractivity contribution in [3.05, 3.63) is 5.82 Å². The standard InChI is InChI=1S/C10H18N6O3/c1-4-6(2)16(5-8(17)18)10(19)11-7(3)9-12-14-15-13-9/h6-7H,4-5H2,1-3H3,(H,11,19)(H,17,18)(H,12,13,14,15). The number of carbonyl (C=O) groups is 2. The molecule has 2 amide bonds. The third kappa shape index (κ3) is 4.19. The fourth-order valence-electron chi connectivity index (χ4n) is 1.48. The molecule has 2 atom stereocenters. The summed E-state index contributed by atoms with van der Waals surface area (Å²) in [6.07, 6.45) is 0.664. The second-order valence-electron chi connectivity index (χ2n) is 4.22. The Morgan fingerprint density at radius 3 is 2.63 bits per heavy atom. The first-order valence-corrected chi connectivity index (χ1v) is 5.98.